The zero-order valence-corrected chi connectivity index (χ0v) is 24.3. The van der Waals surface area contributed by atoms with Gasteiger partial charge in [-0.3, -0.25) is 24.0 Å². The lowest BCUT2D eigenvalue weighted by Crippen LogP contribution is -2.60. The van der Waals surface area contributed by atoms with Crippen molar-refractivity contribution in [2.75, 3.05) is 0 Å². The van der Waals surface area contributed by atoms with Crippen molar-refractivity contribution in [3.05, 3.63) is 35.9 Å². The van der Waals surface area contributed by atoms with E-state index in [1.54, 1.807) is 55.4 Å². The second-order valence-electron chi connectivity index (χ2n) is 11.7. The van der Waals surface area contributed by atoms with Crippen molar-refractivity contribution >= 4 is 29.5 Å². The third-order valence-electron chi connectivity index (χ3n) is 6.90. The molecule has 5 amide bonds. The summed E-state index contributed by atoms with van der Waals surface area (Å²) in [6.07, 6.45) is 0.187. The maximum Gasteiger partial charge on any atom is 0.243 e. The number of hydrogen-bond acceptors (Lipinski definition) is 5. The molecule has 10 heteroatoms. The van der Waals surface area contributed by atoms with Crippen molar-refractivity contribution in [3.8, 4) is 0 Å². The van der Waals surface area contributed by atoms with Crippen molar-refractivity contribution in [3.63, 3.8) is 0 Å². The smallest absolute Gasteiger partial charge is 0.243 e. The fourth-order valence-corrected chi connectivity index (χ4v) is 4.44. The maximum absolute atomic E-state index is 13.6. The molecular formula is C29H45N5O5. The van der Waals surface area contributed by atoms with Crippen molar-refractivity contribution in [2.45, 2.75) is 92.0 Å². The molecule has 1 aliphatic heterocycles. The Labute approximate surface area is 231 Å². The van der Waals surface area contributed by atoms with Gasteiger partial charge in [0.25, 0.3) is 0 Å². The zero-order valence-electron chi connectivity index (χ0n) is 24.3. The Kier molecular flexibility index (Phi) is 11.5. The third-order valence-corrected chi connectivity index (χ3v) is 6.90. The highest BCUT2D eigenvalue weighted by Gasteiger charge is 2.37. The molecule has 1 saturated heterocycles. The normalized spacial score (nSPS) is 25.9. The van der Waals surface area contributed by atoms with Crippen LogP contribution in [-0.4, -0.2) is 59.7 Å². The van der Waals surface area contributed by atoms with Gasteiger partial charge in [-0.2, -0.15) is 0 Å². The van der Waals surface area contributed by atoms with Crippen LogP contribution in [0.25, 0.3) is 0 Å². The first-order valence-corrected chi connectivity index (χ1v) is 13.8. The molecule has 39 heavy (non-hydrogen) atoms. The van der Waals surface area contributed by atoms with Crippen LogP contribution in [0, 0.1) is 23.7 Å². The predicted molar refractivity (Wildman–Crippen MR) is 149 cm³/mol. The van der Waals surface area contributed by atoms with Crippen LogP contribution in [0.4, 0.5) is 0 Å². The minimum absolute atomic E-state index is 0.187. The van der Waals surface area contributed by atoms with E-state index in [1.807, 2.05) is 30.3 Å². The van der Waals surface area contributed by atoms with Gasteiger partial charge in [0.2, 0.25) is 29.5 Å². The molecule has 0 unspecified atom stereocenters. The van der Waals surface area contributed by atoms with E-state index in [2.05, 4.69) is 26.6 Å². The molecule has 2 rings (SSSR count). The molecule has 0 aliphatic carbocycles. The fraction of sp³-hybridized carbons (Fsp3) is 0.621. The average molecular weight is 544 g/mol. The van der Waals surface area contributed by atoms with Crippen LogP contribution in [-0.2, 0) is 30.4 Å². The standard InChI is InChI=1S/C29H45N5O5/c1-15(2)21-26(36)30-20(14-19-12-10-9-11-13-19)25(35)31-22(16(3)4)27(37)33-24(18(7)8)29(39)34-23(17(5)6)28(38)32-21/h9-13,15-18,20-24H,14H2,1-8H3,(H,30,36)(H,31,35)(H,32,38)(H,33,37)(H,34,39)/t20-,21-,22-,23+,24-/m0/s1. The van der Waals surface area contributed by atoms with Gasteiger partial charge in [-0.05, 0) is 29.2 Å². The molecule has 5 atom stereocenters. The Hall–Kier alpha value is -3.43. The Morgan fingerprint density at radius 3 is 1.13 bits per heavy atom. The molecule has 0 spiro atoms. The summed E-state index contributed by atoms with van der Waals surface area (Å²) >= 11 is 0. The number of amides is 5. The Bertz CT molecular complexity index is 1010. The number of carbonyl (C=O) groups is 5. The predicted octanol–water partition coefficient (Wildman–Crippen LogP) is 1.29. The summed E-state index contributed by atoms with van der Waals surface area (Å²) < 4.78 is 0. The van der Waals surface area contributed by atoms with Crippen molar-refractivity contribution in [1.82, 2.24) is 26.6 Å². The quantitative estimate of drug-likeness (QED) is 0.367. The lowest BCUT2D eigenvalue weighted by molar-refractivity contribution is -0.135. The van der Waals surface area contributed by atoms with E-state index in [1.165, 1.54) is 0 Å². The molecule has 0 aromatic heterocycles. The number of benzene rings is 1. The summed E-state index contributed by atoms with van der Waals surface area (Å²) in [5.74, 6) is -3.78. The average Bonchev–Trinajstić information content (AvgIpc) is 2.85. The van der Waals surface area contributed by atoms with Crippen LogP contribution >= 0.6 is 0 Å². The van der Waals surface area contributed by atoms with E-state index < -0.39 is 59.7 Å². The van der Waals surface area contributed by atoms with Gasteiger partial charge in [0.05, 0.1) is 0 Å². The zero-order chi connectivity index (χ0) is 29.4. The fourth-order valence-electron chi connectivity index (χ4n) is 4.44. The van der Waals surface area contributed by atoms with Crippen LogP contribution in [0.1, 0.15) is 61.0 Å². The first-order chi connectivity index (χ1) is 18.2. The molecule has 0 radical (unpaired) electrons. The largest absolute Gasteiger partial charge is 0.342 e. The molecule has 1 heterocycles. The molecule has 1 aromatic rings. The number of hydrogen-bond donors (Lipinski definition) is 5. The maximum atomic E-state index is 13.6. The minimum Gasteiger partial charge on any atom is -0.342 e. The third kappa shape index (κ3) is 8.80. The monoisotopic (exact) mass is 543 g/mol. The minimum atomic E-state index is -1.00. The van der Waals surface area contributed by atoms with Gasteiger partial charge in [0, 0.05) is 6.42 Å². The lowest BCUT2D eigenvalue weighted by atomic mass is 9.97. The molecule has 10 nitrogen and oxygen atoms in total. The number of carbonyl (C=O) groups excluding carboxylic acids is 5. The van der Waals surface area contributed by atoms with E-state index in [0.29, 0.717) is 0 Å². The molecule has 0 saturated carbocycles. The SMILES string of the molecule is CC(C)[C@@H]1NC(=O)[C@H](Cc2ccccc2)NC(=O)[C@H](C(C)C)NC(=O)[C@@H](C(C)C)NC(=O)[C@H](C(C)C)NC1=O. The van der Waals surface area contributed by atoms with Crippen LogP contribution in [0.3, 0.4) is 0 Å². The number of nitrogens with one attached hydrogen (secondary N) is 5. The highest BCUT2D eigenvalue weighted by molar-refractivity contribution is 5.98. The van der Waals surface area contributed by atoms with Gasteiger partial charge in [0.15, 0.2) is 0 Å². The summed E-state index contributed by atoms with van der Waals surface area (Å²) in [5.41, 5.74) is 0.820. The highest BCUT2D eigenvalue weighted by atomic mass is 16.2. The lowest BCUT2D eigenvalue weighted by Gasteiger charge is -2.30. The van der Waals surface area contributed by atoms with E-state index in [-0.39, 0.29) is 30.1 Å². The summed E-state index contributed by atoms with van der Waals surface area (Å²) in [4.78, 5) is 67.1. The van der Waals surface area contributed by atoms with Crippen LogP contribution in [0.2, 0.25) is 0 Å². The second kappa shape index (κ2) is 14.1. The van der Waals surface area contributed by atoms with Crippen molar-refractivity contribution in [2.24, 2.45) is 23.7 Å². The summed E-state index contributed by atoms with van der Waals surface area (Å²) in [6, 6.07) is 4.46. The van der Waals surface area contributed by atoms with Gasteiger partial charge < -0.3 is 26.6 Å². The summed E-state index contributed by atoms with van der Waals surface area (Å²) in [6.45, 7) is 14.3. The highest BCUT2D eigenvalue weighted by Crippen LogP contribution is 2.13. The van der Waals surface area contributed by atoms with Crippen LogP contribution in [0.5, 0.6) is 0 Å². The molecule has 0 bridgehead atoms. The molecule has 216 valence electrons. The Balaban J connectivity index is 2.57. The number of rotatable bonds is 6. The van der Waals surface area contributed by atoms with Gasteiger partial charge in [-0.1, -0.05) is 85.7 Å². The second-order valence-corrected chi connectivity index (χ2v) is 11.7. The first-order valence-electron chi connectivity index (χ1n) is 13.8. The van der Waals surface area contributed by atoms with E-state index in [0.717, 1.165) is 5.56 Å². The molecule has 5 N–H and O–H groups in total. The Morgan fingerprint density at radius 2 is 0.795 bits per heavy atom. The molecule has 1 aliphatic rings. The topological polar surface area (TPSA) is 146 Å². The van der Waals surface area contributed by atoms with Crippen LogP contribution < -0.4 is 26.6 Å². The van der Waals surface area contributed by atoms with E-state index in [9.17, 15) is 24.0 Å². The Morgan fingerprint density at radius 1 is 0.487 bits per heavy atom. The summed E-state index contributed by atoms with van der Waals surface area (Å²) in [5, 5.41) is 13.9. The van der Waals surface area contributed by atoms with E-state index in [4.69, 9.17) is 0 Å². The summed E-state index contributed by atoms with van der Waals surface area (Å²) in [7, 11) is 0. The molecule has 1 fully saturated rings. The van der Waals surface area contributed by atoms with Crippen molar-refractivity contribution < 1.29 is 24.0 Å². The molecule has 1 aromatic carbocycles. The van der Waals surface area contributed by atoms with Gasteiger partial charge in [-0.25, -0.2) is 0 Å². The first kappa shape index (κ1) is 31.8. The van der Waals surface area contributed by atoms with Crippen molar-refractivity contribution in [1.29, 1.82) is 0 Å². The van der Waals surface area contributed by atoms with Gasteiger partial charge in [0.1, 0.15) is 30.2 Å². The van der Waals surface area contributed by atoms with Gasteiger partial charge >= 0.3 is 0 Å². The van der Waals surface area contributed by atoms with Gasteiger partial charge in [-0.15, -0.1) is 0 Å². The van der Waals surface area contributed by atoms with Crippen LogP contribution in [0.15, 0.2) is 30.3 Å². The van der Waals surface area contributed by atoms with E-state index >= 15 is 0 Å². The molecular weight excluding hydrogens is 498 g/mol.